The van der Waals surface area contributed by atoms with Gasteiger partial charge in [0.15, 0.2) is 0 Å². The van der Waals surface area contributed by atoms with Crippen molar-refractivity contribution in [3.05, 3.63) is 66.5 Å². The van der Waals surface area contributed by atoms with Gasteiger partial charge in [-0.1, -0.05) is 48.5 Å². The summed E-state index contributed by atoms with van der Waals surface area (Å²) in [5, 5.41) is 7.71. The number of aryl methyl sites for hydroxylation is 1. The van der Waals surface area contributed by atoms with Crippen LogP contribution in [-0.2, 0) is 0 Å². The van der Waals surface area contributed by atoms with Gasteiger partial charge in [0.25, 0.3) is 0 Å². The number of aromatic nitrogens is 1. The van der Waals surface area contributed by atoms with Crippen molar-refractivity contribution in [2.75, 3.05) is 0 Å². The molecule has 0 radical (unpaired) electrons. The summed E-state index contributed by atoms with van der Waals surface area (Å²) in [6, 6.07) is 17.4. The molecule has 0 saturated heterocycles. The van der Waals surface area contributed by atoms with E-state index in [1.807, 2.05) is 12.4 Å². The van der Waals surface area contributed by atoms with Gasteiger partial charge in [-0.2, -0.15) is 0 Å². The van der Waals surface area contributed by atoms with Gasteiger partial charge >= 0.3 is 0 Å². The number of hydrogen-bond acceptors (Lipinski definition) is 1. The first kappa shape index (κ1) is 10.5. The summed E-state index contributed by atoms with van der Waals surface area (Å²) >= 11 is 0. The third kappa shape index (κ3) is 1.45. The van der Waals surface area contributed by atoms with Crippen LogP contribution in [0, 0.1) is 6.92 Å². The Balaban J connectivity index is 2.29. The largest absolute Gasteiger partial charge is 0.264 e. The highest BCUT2D eigenvalue weighted by Gasteiger charge is 2.05. The van der Waals surface area contributed by atoms with Gasteiger partial charge in [-0.25, -0.2) is 0 Å². The molecule has 0 saturated carbocycles. The molecule has 90 valence electrons. The molecule has 1 aromatic heterocycles. The fourth-order valence-corrected chi connectivity index (χ4v) is 2.89. The first-order valence-corrected chi connectivity index (χ1v) is 6.49. The van der Waals surface area contributed by atoms with Crippen LogP contribution in [0.4, 0.5) is 0 Å². The van der Waals surface area contributed by atoms with E-state index in [1.54, 1.807) is 0 Å². The lowest BCUT2D eigenvalue weighted by atomic mass is 9.97. The van der Waals surface area contributed by atoms with E-state index in [4.69, 9.17) is 0 Å². The van der Waals surface area contributed by atoms with E-state index in [9.17, 15) is 0 Å². The molecule has 4 aromatic rings. The monoisotopic (exact) mass is 243 g/mol. The van der Waals surface area contributed by atoms with E-state index in [1.165, 1.54) is 37.9 Å². The molecule has 0 amide bonds. The SMILES string of the molecule is Cc1cncc2c1ccc1c3ccccc3ccc21. The second-order valence-corrected chi connectivity index (χ2v) is 5.00. The van der Waals surface area contributed by atoms with Crippen LogP contribution >= 0.6 is 0 Å². The fraction of sp³-hybridized carbons (Fsp3) is 0.0556. The predicted octanol–water partition coefficient (Wildman–Crippen LogP) is 4.85. The number of rotatable bonds is 0. The first-order valence-electron chi connectivity index (χ1n) is 6.49. The number of benzene rings is 3. The zero-order valence-electron chi connectivity index (χ0n) is 10.7. The molecule has 0 aliphatic heterocycles. The quantitative estimate of drug-likeness (QED) is 0.402. The van der Waals surface area contributed by atoms with Crippen molar-refractivity contribution in [2.24, 2.45) is 0 Å². The van der Waals surface area contributed by atoms with Crippen molar-refractivity contribution in [1.29, 1.82) is 0 Å². The molecule has 19 heavy (non-hydrogen) atoms. The zero-order valence-corrected chi connectivity index (χ0v) is 10.7. The molecule has 0 bridgehead atoms. The Labute approximate surface area is 111 Å². The van der Waals surface area contributed by atoms with Crippen molar-refractivity contribution in [3.8, 4) is 0 Å². The highest BCUT2D eigenvalue weighted by molar-refractivity contribution is 6.17. The Bertz CT molecular complexity index is 922. The van der Waals surface area contributed by atoms with Crippen molar-refractivity contribution in [2.45, 2.75) is 6.92 Å². The lowest BCUT2D eigenvalue weighted by Gasteiger charge is -2.08. The molecule has 1 heteroatoms. The van der Waals surface area contributed by atoms with Gasteiger partial charge < -0.3 is 0 Å². The molecule has 0 aliphatic carbocycles. The fourth-order valence-electron chi connectivity index (χ4n) is 2.89. The van der Waals surface area contributed by atoms with E-state index in [2.05, 4.69) is 60.4 Å². The molecular formula is C18H13N. The maximum Gasteiger partial charge on any atom is 0.0352 e. The van der Waals surface area contributed by atoms with Gasteiger partial charge in [0, 0.05) is 17.8 Å². The highest BCUT2D eigenvalue weighted by atomic mass is 14.6. The van der Waals surface area contributed by atoms with E-state index < -0.39 is 0 Å². The van der Waals surface area contributed by atoms with Crippen molar-refractivity contribution < 1.29 is 0 Å². The number of nitrogens with zero attached hydrogens (tertiary/aromatic N) is 1. The Hall–Kier alpha value is -2.41. The Morgan fingerprint density at radius 2 is 1.37 bits per heavy atom. The van der Waals surface area contributed by atoms with Crippen LogP contribution in [0.1, 0.15) is 5.56 Å². The molecule has 0 spiro atoms. The van der Waals surface area contributed by atoms with Crippen molar-refractivity contribution in [3.63, 3.8) is 0 Å². The standard InChI is InChI=1S/C18H13N/c1-12-10-19-11-18-14(12)8-9-16-15-5-3-2-4-13(15)6-7-17(16)18/h2-11H,1H3. The van der Waals surface area contributed by atoms with Crippen molar-refractivity contribution >= 4 is 32.3 Å². The minimum atomic E-state index is 1.23. The van der Waals surface area contributed by atoms with Crippen molar-refractivity contribution in [1.82, 2.24) is 4.98 Å². The lowest BCUT2D eigenvalue weighted by molar-refractivity contribution is 1.31. The molecular weight excluding hydrogens is 230 g/mol. The number of pyridine rings is 1. The summed E-state index contributed by atoms with van der Waals surface area (Å²) in [4.78, 5) is 4.34. The predicted molar refractivity (Wildman–Crippen MR) is 81.5 cm³/mol. The second kappa shape index (κ2) is 3.79. The molecule has 0 unspecified atom stereocenters. The summed E-state index contributed by atoms with van der Waals surface area (Å²) in [5.41, 5.74) is 1.23. The maximum atomic E-state index is 4.34. The second-order valence-electron chi connectivity index (χ2n) is 5.00. The van der Waals surface area contributed by atoms with Gasteiger partial charge in [0.1, 0.15) is 0 Å². The first-order chi connectivity index (χ1) is 9.34. The minimum absolute atomic E-state index is 1.23. The van der Waals surface area contributed by atoms with E-state index in [0.29, 0.717) is 0 Å². The normalized spacial score (nSPS) is 11.4. The zero-order chi connectivity index (χ0) is 12.8. The highest BCUT2D eigenvalue weighted by Crippen LogP contribution is 2.31. The molecule has 3 aromatic carbocycles. The molecule has 1 nitrogen and oxygen atoms in total. The summed E-state index contributed by atoms with van der Waals surface area (Å²) in [5.74, 6) is 0. The lowest BCUT2D eigenvalue weighted by Crippen LogP contribution is -1.84. The Morgan fingerprint density at radius 1 is 0.632 bits per heavy atom. The van der Waals surface area contributed by atoms with Crippen LogP contribution in [0.5, 0.6) is 0 Å². The Morgan fingerprint density at radius 3 is 2.32 bits per heavy atom. The van der Waals surface area contributed by atoms with Crippen LogP contribution in [0.3, 0.4) is 0 Å². The van der Waals surface area contributed by atoms with Gasteiger partial charge in [0.05, 0.1) is 0 Å². The Kier molecular flexibility index (Phi) is 2.10. The molecule has 0 atom stereocenters. The van der Waals surface area contributed by atoms with Gasteiger partial charge in [-0.3, -0.25) is 4.98 Å². The molecule has 4 rings (SSSR count). The minimum Gasteiger partial charge on any atom is -0.264 e. The third-order valence-electron chi connectivity index (χ3n) is 3.86. The third-order valence-corrected chi connectivity index (χ3v) is 3.86. The van der Waals surface area contributed by atoms with E-state index in [-0.39, 0.29) is 0 Å². The molecule has 0 aliphatic rings. The smallest absolute Gasteiger partial charge is 0.0352 e. The van der Waals surface area contributed by atoms with Gasteiger partial charge in [0.2, 0.25) is 0 Å². The summed E-state index contributed by atoms with van der Waals surface area (Å²) in [7, 11) is 0. The van der Waals surface area contributed by atoms with Crippen LogP contribution in [0.25, 0.3) is 32.3 Å². The average molecular weight is 243 g/mol. The average Bonchev–Trinajstić information content (AvgIpc) is 2.47. The van der Waals surface area contributed by atoms with Crippen LogP contribution in [-0.4, -0.2) is 4.98 Å². The molecule has 0 fully saturated rings. The van der Waals surface area contributed by atoms with E-state index >= 15 is 0 Å². The number of hydrogen-bond donors (Lipinski definition) is 0. The molecule has 0 N–H and O–H groups in total. The topological polar surface area (TPSA) is 12.9 Å². The van der Waals surface area contributed by atoms with Crippen LogP contribution in [0.15, 0.2) is 60.9 Å². The van der Waals surface area contributed by atoms with Crippen LogP contribution in [0.2, 0.25) is 0 Å². The van der Waals surface area contributed by atoms with E-state index in [0.717, 1.165) is 0 Å². The van der Waals surface area contributed by atoms with Gasteiger partial charge in [-0.05, 0) is 39.4 Å². The number of fused-ring (bicyclic) bond motifs is 5. The van der Waals surface area contributed by atoms with Gasteiger partial charge in [-0.15, -0.1) is 0 Å². The summed E-state index contributed by atoms with van der Waals surface area (Å²) in [6.07, 6.45) is 3.90. The van der Waals surface area contributed by atoms with Crippen LogP contribution < -0.4 is 0 Å². The maximum absolute atomic E-state index is 4.34. The summed E-state index contributed by atoms with van der Waals surface area (Å²) < 4.78 is 0. The summed E-state index contributed by atoms with van der Waals surface area (Å²) in [6.45, 7) is 2.11. The molecule has 1 heterocycles.